The first-order valence-electron chi connectivity index (χ1n) is 10.2. The van der Waals surface area contributed by atoms with Crippen LogP contribution in [0.15, 0.2) is 48.5 Å². The summed E-state index contributed by atoms with van der Waals surface area (Å²) in [5, 5.41) is 2.92. The fourth-order valence-electron chi connectivity index (χ4n) is 3.14. The number of carbonyl (C=O) groups is 2. The second-order valence-corrected chi connectivity index (χ2v) is 7.44. The van der Waals surface area contributed by atoms with Crippen molar-refractivity contribution in [2.24, 2.45) is 0 Å². The fourth-order valence-corrected chi connectivity index (χ4v) is 3.14. The highest BCUT2D eigenvalue weighted by Gasteiger charge is 2.26. The molecule has 0 aliphatic heterocycles. The standard InChI is InChI=1S/C24H32N2O3/c1-5-6-12-25-24(28)20(4)26(16-21-10-8-7-9-11-21)23(27)17-29-22-14-18(2)13-19(3)15-22/h7-11,13-15,20H,5-6,12,16-17H2,1-4H3,(H,25,28)/t20-/m0/s1. The van der Waals surface area contributed by atoms with E-state index in [1.807, 2.05) is 56.3 Å². The van der Waals surface area contributed by atoms with E-state index in [0.29, 0.717) is 18.8 Å². The first-order chi connectivity index (χ1) is 13.9. The number of carbonyl (C=O) groups excluding carboxylic acids is 2. The van der Waals surface area contributed by atoms with Crippen LogP contribution in [0.1, 0.15) is 43.4 Å². The molecular weight excluding hydrogens is 364 g/mol. The summed E-state index contributed by atoms with van der Waals surface area (Å²) in [7, 11) is 0. The van der Waals surface area contributed by atoms with Crippen LogP contribution in [-0.4, -0.2) is 35.9 Å². The molecule has 2 amide bonds. The summed E-state index contributed by atoms with van der Waals surface area (Å²) in [5.41, 5.74) is 3.13. The number of ether oxygens (including phenoxy) is 1. The molecule has 0 heterocycles. The van der Waals surface area contributed by atoms with Crippen LogP contribution in [0.2, 0.25) is 0 Å². The van der Waals surface area contributed by atoms with Crippen LogP contribution >= 0.6 is 0 Å². The minimum Gasteiger partial charge on any atom is -0.484 e. The minimum atomic E-state index is -0.581. The topological polar surface area (TPSA) is 58.6 Å². The predicted octanol–water partition coefficient (Wildman–Crippen LogP) is 4.02. The first-order valence-corrected chi connectivity index (χ1v) is 10.2. The van der Waals surface area contributed by atoms with E-state index in [2.05, 4.69) is 18.3 Å². The Labute approximate surface area is 174 Å². The lowest BCUT2D eigenvalue weighted by molar-refractivity contribution is -0.142. The van der Waals surface area contributed by atoms with Crippen LogP contribution in [0, 0.1) is 13.8 Å². The van der Waals surface area contributed by atoms with E-state index in [1.54, 1.807) is 11.8 Å². The monoisotopic (exact) mass is 396 g/mol. The van der Waals surface area contributed by atoms with E-state index in [4.69, 9.17) is 4.74 Å². The fraction of sp³-hybridized carbons (Fsp3) is 0.417. The molecule has 5 heteroatoms. The van der Waals surface area contributed by atoms with Crippen molar-refractivity contribution in [1.82, 2.24) is 10.2 Å². The van der Waals surface area contributed by atoms with Crippen LogP contribution in [0.3, 0.4) is 0 Å². The molecule has 0 bridgehead atoms. The lowest BCUT2D eigenvalue weighted by Gasteiger charge is -2.28. The molecule has 2 rings (SSSR count). The molecular formula is C24H32N2O3. The highest BCUT2D eigenvalue weighted by Crippen LogP contribution is 2.17. The Hall–Kier alpha value is -2.82. The second-order valence-electron chi connectivity index (χ2n) is 7.44. The highest BCUT2D eigenvalue weighted by atomic mass is 16.5. The van der Waals surface area contributed by atoms with Gasteiger partial charge in [-0.3, -0.25) is 9.59 Å². The van der Waals surface area contributed by atoms with Crippen molar-refractivity contribution >= 4 is 11.8 Å². The number of rotatable bonds is 10. The predicted molar refractivity (Wildman–Crippen MR) is 116 cm³/mol. The summed E-state index contributed by atoms with van der Waals surface area (Å²) in [6.45, 7) is 8.69. The minimum absolute atomic E-state index is 0.109. The van der Waals surface area contributed by atoms with Crippen molar-refractivity contribution in [1.29, 1.82) is 0 Å². The molecule has 0 saturated heterocycles. The molecule has 5 nitrogen and oxygen atoms in total. The molecule has 0 radical (unpaired) electrons. The van der Waals surface area contributed by atoms with E-state index < -0.39 is 6.04 Å². The van der Waals surface area contributed by atoms with Gasteiger partial charge in [-0.05, 0) is 56.0 Å². The molecule has 0 spiro atoms. The molecule has 2 aromatic carbocycles. The lowest BCUT2D eigenvalue weighted by Crippen LogP contribution is -2.49. The van der Waals surface area contributed by atoms with Gasteiger partial charge in [0.2, 0.25) is 5.91 Å². The molecule has 1 atom stereocenters. The number of unbranched alkanes of at least 4 members (excludes halogenated alkanes) is 1. The van der Waals surface area contributed by atoms with Crippen molar-refractivity contribution < 1.29 is 14.3 Å². The van der Waals surface area contributed by atoms with Crippen LogP contribution < -0.4 is 10.1 Å². The van der Waals surface area contributed by atoms with Gasteiger partial charge in [0.15, 0.2) is 6.61 Å². The normalized spacial score (nSPS) is 11.6. The molecule has 0 fully saturated rings. The zero-order valence-electron chi connectivity index (χ0n) is 17.9. The summed E-state index contributed by atoms with van der Waals surface area (Å²) in [6.07, 6.45) is 1.92. The maximum atomic E-state index is 13.0. The Kier molecular flexibility index (Phi) is 8.71. The quantitative estimate of drug-likeness (QED) is 0.617. The second kappa shape index (κ2) is 11.2. The SMILES string of the molecule is CCCCNC(=O)[C@H](C)N(Cc1ccccc1)C(=O)COc1cc(C)cc(C)c1. The number of hydrogen-bond donors (Lipinski definition) is 1. The maximum absolute atomic E-state index is 13.0. The van der Waals surface area contributed by atoms with Crippen molar-refractivity contribution in [2.45, 2.75) is 53.1 Å². The molecule has 0 saturated carbocycles. The van der Waals surface area contributed by atoms with Gasteiger partial charge in [0, 0.05) is 13.1 Å². The van der Waals surface area contributed by atoms with Crippen LogP contribution in [0.4, 0.5) is 0 Å². The van der Waals surface area contributed by atoms with Gasteiger partial charge < -0.3 is 15.0 Å². The molecule has 0 aromatic heterocycles. The first kappa shape index (κ1) is 22.5. The average molecular weight is 397 g/mol. The molecule has 0 aliphatic rings. The third-order valence-electron chi connectivity index (χ3n) is 4.75. The summed E-state index contributed by atoms with van der Waals surface area (Å²) in [6, 6.07) is 15.0. The van der Waals surface area contributed by atoms with E-state index >= 15 is 0 Å². The summed E-state index contributed by atoms with van der Waals surface area (Å²) >= 11 is 0. The van der Waals surface area contributed by atoms with Crippen LogP contribution in [-0.2, 0) is 16.1 Å². The van der Waals surface area contributed by atoms with Crippen LogP contribution in [0.25, 0.3) is 0 Å². The zero-order valence-corrected chi connectivity index (χ0v) is 17.9. The highest BCUT2D eigenvalue weighted by molar-refractivity contribution is 5.87. The summed E-state index contributed by atoms with van der Waals surface area (Å²) in [5.74, 6) is 0.302. The van der Waals surface area contributed by atoms with Gasteiger partial charge >= 0.3 is 0 Å². The van der Waals surface area contributed by atoms with Crippen LogP contribution in [0.5, 0.6) is 5.75 Å². The van der Waals surface area contributed by atoms with E-state index in [-0.39, 0.29) is 18.4 Å². The lowest BCUT2D eigenvalue weighted by atomic mass is 10.1. The third-order valence-corrected chi connectivity index (χ3v) is 4.75. The van der Waals surface area contributed by atoms with Crippen molar-refractivity contribution in [3.8, 4) is 5.75 Å². The Bertz CT molecular complexity index is 785. The molecule has 0 aliphatic carbocycles. The molecule has 0 unspecified atom stereocenters. The zero-order chi connectivity index (χ0) is 21.2. The number of hydrogen-bond acceptors (Lipinski definition) is 3. The van der Waals surface area contributed by atoms with E-state index in [1.165, 1.54) is 0 Å². The Morgan fingerprint density at radius 3 is 2.34 bits per heavy atom. The number of aryl methyl sites for hydroxylation is 2. The van der Waals surface area contributed by atoms with Gasteiger partial charge in [-0.2, -0.15) is 0 Å². The number of amides is 2. The van der Waals surface area contributed by atoms with Gasteiger partial charge in [0.1, 0.15) is 11.8 Å². The van der Waals surface area contributed by atoms with E-state index in [0.717, 1.165) is 29.5 Å². The van der Waals surface area contributed by atoms with Gasteiger partial charge in [0.05, 0.1) is 0 Å². The molecule has 29 heavy (non-hydrogen) atoms. The summed E-state index contributed by atoms with van der Waals surface area (Å²) < 4.78 is 5.75. The molecule has 156 valence electrons. The smallest absolute Gasteiger partial charge is 0.261 e. The van der Waals surface area contributed by atoms with E-state index in [9.17, 15) is 9.59 Å². The Balaban J connectivity index is 2.10. The van der Waals surface area contributed by atoms with Gasteiger partial charge in [0.25, 0.3) is 5.91 Å². The van der Waals surface area contributed by atoms with Gasteiger partial charge in [-0.1, -0.05) is 49.7 Å². The Morgan fingerprint density at radius 1 is 1.07 bits per heavy atom. The Morgan fingerprint density at radius 2 is 1.72 bits per heavy atom. The van der Waals surface area contributed by atoms with Crippen molar-refractivity contribution in [2.75, 3.05) is 13.2 Å². The van der Waals surface area contributed by atoms with Crippen molar-refractivity contribution in [3.63, 3.8) is 0 Å². The number of nitrogens with zero attached hydrogens (tertiary/aromatic N) is 1. The number of nitrogens with one attached hydrogen (secondary N) is 1. The molecule has 2 aromatic rings. The third kappa shape index (κ3) is 7.26. The van der Waals surface area contributed by atoms with Crippen molar-refractivity contribution in [3.05, 3.63) is 65.2 Å². The average Bonchev–Trinajstić information content (AvgIpc) is 2.70. The number of benzene rings is 2. The molecule has 1 N–H and O–H groups in total. The van der Waals surface area contributed by atoms with Gasteiger partial charge in [-0.15, -0.1) is 0 Å². The maximum Gasteiger partial charge on any atom is 0.261 e. The largest absolute Gasteiger partial charge is 0.484 e. The summed E-state index contributed by atoms with van der Waals surface area (Å²) in [4.78, 5) is 27.1. The van der Waals surface area contributed by atoms with Gasteiger partial charge in [-0.25, -0.2) is 0 Å².